The van der Waals surface area contributed by atoms with Crippen molar-refractivity contribution in [3.63, 3.8) is 0 Å². The first-order chi connectivity index (χ1) is 6.48. The maximum atomic E-state index is 9.56. The molecule has 2 rings (SSSR count). The quantitative estimate of drug-likeness (QED) is 0.540. The van der Waals surface area contributed by atoms with Crippen LogP contribution >= 0.6 is 0 Å². The molecule has 0 radical (unpaired) electrons. The predicted octanol–water partition coefficient (Wildman–Crippen LogP) is 0.539. The SMILES string of the molecule is C=CC(=O)O.OC1CC2CCC1(O)C2. The second-order valence-corrected chi connectivity index (χ2v) is 4.01. The van der Waals surface area contributed by atoms with Crippen LogP contribution in [0.5, 0.6) is 0 Å². The van der Waals surface area contributed by atoms with Crippen LogP contribution in [0, 0.1) is 5.92 Å². The summed E-state index contributed by atoms with van der Waals surface area (Å²) in [4.78, 5) is 9.25. The first kappa shape index (κ1) is 11.2. The topological polar surface area (TPSA) is 77.8 Å². The van der Waals surface area contributed by atoms with E-state index in [1.54, 1.807) is 0 Å². The number of rotatable bonds is 1. The van der Waals surface area contributed by atoms with E-state index in [1.807, 2.05) is 0 Å². The number of aliphatic carboxylic acids is 1. The van der Waals surface area contributed by atoms with Gasteiger partial charge in [0, 0.05) is 6.08 Å². The van der Waals surface area contributed by atoms with Crippen LogP contribution in [0.3, 0.4) is 0 Å². The van der Waals surface area contributed by atoms with Crippen molar-refractivity contribution in [3.05, 3.63) is 12.7 Å². The Balaban J connectivity index is 0.000000171. The molecule has 2 bridgehead atoms. The van der Waals surface area contributed by atoms with Crippen LogP contribution < -0.4 is 0 Å². The van der Waals surface area contributed by atoms with E-state index in [4.69, 9.17) is 5.11 Å². The van der Waals surface area contributed by atoms with Crippen molar-refractivity contribution in [2.24, 2.45) is 5.92 Å². The Morgan fingerprint density at radius 2 is 2.14 bits per heavy atom. The molecule has 4 nitrogen and oxygen atoms in total. The minimum absolute atomic E-state index is 0.420. The molecule has 4 heteroatoms. The molecular weight excluding hydrogens is 184 g/mol. The Morgan fingerprint density at radius 1 is 1.57 bits per heavy atom. The van der Waals surface area contributed by atoms with Gasteiger partial charge in [0.1, 0.15) is 0 Å². The molecule has 2 aliphatic rings. The number of hydrogen-bond acceptors (Lipinski definition) is 3. The molecule has 0 aliphatic heterocycles. The minimum Gasteiger partial charge on any atom is -0.478 e. The number of carboxylic acids is 1. The van der Waals surface area contributed by atoms with E-state index in [2.05, 4.69) is 6.58 Å². The second-order valence-electron chi connectivity index (χ2n) is 4.01. The second kappa shape index (κ2) is 4.11. The fourth-order valence-corrected chi connectivity index (χ4v) is 2.20. The zero-order valence-electron chi connectivity index (χ0n) is 8.02. The van der Waals surface area contributed by atoms with Crippen molar-refractivity contribution in [2.45, 2.75) is 37.4 Å². The third-order valence-corrected chi connectivity index (χ3v) is 2.98. The van der Waals surface area contributed by atoms with Crippen LogP contribution in [0.4, 0.5) is 0 Å². The molecule has 0 aromatic heterocycles. The highest BCUT2D eigenvalue weighted by Crippen LogP contribution is 2.47. The van der Waals surface area contributed by atoms with Crippen LogP contribution in [-0.4, -0.2) is 33.0 Å². The van der Waals surface area contributed by atoms with E-state index in [1.165, 1.54) is 0 Å². The van der Waals surface area contributed by atoms with Gasteiger partial charge >= 0.3 is 5.97 Å². The van der Waals surface area contributed by atoms with Crippen molar-refractivity contribution in [1.29, 1.82) is 0 Å². The molecule has 3 N–H and O–H groups in total. The highest BCUT2D eigenvalue weighted by atomic mass is 16.4. The van der Waals surface area contributed by atoms with Crippen LogP contribution in [-0.2, 0) is 4.79 Å². The Hall–Kier alpha value is -0.870. The molecule has 0 amide bonds. The lowest BCUT2D eigenvalue weighted by molar-refractivity contribution is -0.131. The van der Waals surface area contributed by atoms with Crippen LogP contribution in [0.15, 0.2) is 12.7 Å². The van der Waals surface area contributed by atoms with E-state index >= 15 is 0 Å². The number of aliphatic hydroxyl groups is 2. The van der Waals surface area contributed by atoms with E-state index < -0.39 is 17.7 Å². The number of carboxylic acid groups (broad SMARTS) is 1. The zero-order valence-corrected chi connectivity index (χ0v) is 8.02. The molecule has 3 atom stereocenters. The van der Waals surface area contributed by atoms with Crippen molar-refractivity contribution in [2.75, 3.05) is 0 Å². The standard InChI is InChI=1S/C7H12O2.C3H4O2/c8-6-3-5-1-2-7(6,9)4-5;1-2-3(4)5/h5-6,8-9H,1-4H2;2H,1H2,(H,4,5). The molecule has 0 heterocycles. The van der Waals surface area contributed by atoms with E-state index in [0.717, 1.165) is 31.8 Å². The smallest absolute Gasteiger partial charge is 0.327 e. The van der Waals surface area contributed by atoms with Gasteiger partial charge in [-0.25, -0.2) is 4.79 Å². The molecule has 14 heavy (non-hydrogen) atoms. The van der Waals surface area contributed by atoms with Crippen molar-refractivity contribution >= 4 is 5.97 Å². The van der Waals surface area contributed by atoms with E-state index in [0.29, 0.717) is 5.92 Å². The van der Waals surface area contributed by atoms with Gasteiger partial charge in [-0.2, -0.15) is 0 Å². The molecule has 2 saturated carbocycles. The lowest BCUT2D eigenvalue weighted by Gasteiger charge is -2.24. The van der Waals surface area contributed by atoms with Crippen molar-refractivity contribution in [3.8, 4) is 0 Å². The van der Waals surface area contributed by atoms with Gasteiger partial charge in [-0.05, 0) is 31.6 Å². The molecule has 0 saturated heterocycles. The molecule has 0 aromatic rings. The van der Waals surface area contributed by atoms with Gasteiger partial charge in [0.15, 0.2) is 0 Å². The number of hydrogen-bond donors (Lipinski definition) is 3. The average Bonchev–Trinajstić information content (AvgIpc) is 2.60. The molecule has 2 fully saturated rings. The highest BCUT2D eigenvalue weighted by molar-refractivity contribution is 5.78. The third kappa shape index (κ3) is 2.33. The van der Waals surface area contributed by atoms with Gasteiger partial charge in [-0.15, -0.1) is 0 Å². The Kier molecular flexibility index (Phi) is 3.29. The summed E-state index contributed by atoms with van der Waals surface area (Å²) in [6.45, 7) is 2.96. The van der Waals surface area contributed by atoms with Crippen LogP contribution in [0.2, 0.25) is 0 Å². The lowest BCUT2D eigenvalue weighted by Crippen LogP contribution is -2.36. The van der Waals surface area contributed by atoms with Gasteiger partial charge < -0.3 is 15.3 Å². The summed E-state index contributed by atoms with van der Waals surface area (Å²) in [5.74, 6) is -0.366. The highest BCUT2D eigenvalue weighted by Gasteiger charge is 2.50. The Morgan fingerprint density at radius 3 is 2.29 bits per heavy atom. The summed E-state index contributed by atoms with van der Waals surface area (Å²) >= 11 is 0. The summed E-state index contributed by atoms with van der Waals surface area (Å²) < 4.78 is 0. The summed E-state index contributed by atoms with van der Waals surface area (Å²) in [6.07, 6.45) is 4.02. The van der Waals surface area contributed by atoms with Crippen molar-refractivity contribution in [1.82, 2.24) is 0 Å². The maximum Gasteiger partial charge on any atom is 0.327 e. The lowest BCUT2D eigenvalue weighted by atomic mass is 9.94. The molecule has 0 spiro atoms. The summed E-state index contributed by atoms with van der Waals surface area (Å²) in [5, 5.41) is 26.4. The third-order valence-electron chi connectivity index (χ3n) is 2.98. The molecule has 3 unspecified atom stereocenters. The molecule has 0 aromatic carbocycles. The minimum atomic E-state index is -0.981. The Labute approximate surface area is 82.9 Å². The van der Waals surface area contributed by atoms with E-state index in [9.17, 15) is 15.0 Å². The maximum absolute atomic E-state index is 9.56. The molecule has 2 aliphatic carbocycles. The fourth-order valence-electron chi connectivity index (χ4n) is 2.20. The average molecular weight is 200 g/mol. The van der Waals surface area contributed by atoms with Gasteiger partial charge in [0.05, 0.1) is 11.7 Å². The monoisotopic (exact) mass is 200 g/mol. The van der Waals surface area contributed by atoms with Crippen LogP contribution in [0.1, 0.15) is 25.7 Å². The van der Waals surface area contributed by atoms with Crippen LogP contribution in [0.25, 0.3) is 0 Å². The zero-order chi connectivity index (χ0) is 10.8. The van der Waals surface area contributed by atoms with Gasteiger partial charge in [-0.1, -0.05) is 6.58 Å². The number of aliphatic hydroxyl groups excluding tert-OH is 1. The molecular formula is C10H16O4. The summed E-state index contributed by atoms with van der Waals surface area (Å²) in [7, 11) is 0. The van der Waals surface area contributed by atoms with Crippen molar-refractivity contribution < 1.29 is 20.1 Å². The Bertz CT molecular complexity index is 238. The van der Waals surface area contributed by atoms with E-state index in [-0.39, 0.29) is 0 Å². The number of fused-ring (bicyclic) bond motifs is 2. The van der Waals surface area contributed by atoms with Gasteiger partial charge in [0.2, 0.25) is 0 Å². The number of carbonyl (C=O) groups is 1. The predicted molar refractivity (Wildman–Crippen MR) is 50.7 cm³/mol. The largest absolute Gasteiger partial charge is 0.478 e. The van der Waals surface area contributed by atoms with Gasteiger partial charge in [0.25, 0.3) is 0 Å². The fraction of sp³-hybridized carbons (Fsp3) is 0.700. The summed E-state index contributed by atoms with van der Waals surface area (Å²) in [6, 6.07) is 0. The molecule has 80 valence electrons. The first-order valence-electron chi connectivity index (χ1n) is 4.74. The summed E-state index contributed by atoms with van der Waals surface area (Å²) in [5.41, 5.74) is -0.676. The first-order valence-corrected chi connectivity index (χ1v) is 4.74. The van der Waals surface area contributed by atoms with Gasteiger partial charge in [-0.3, -0.25) is 0 Å². The normalized spacial score (nSPS) is 38.7.